The van der Waals surface area contributed by atoms with Gasteiger partial charge < -0.3 is 19.4 Å². The number of anilines is 1. The Hall–Kier alpha value is -2.31. The molecule has 152 valence electrons. The van der Waals surface area contributed by atoms with Crippen molar-refractivity contribution >= 4 is 11.6 Å². The Morgan fingerprint density at radius 1 is 1.21 bits per heavy atom. The number of benzene rings is 1. The normalized spacial score (nSPS) is 16.2. The van der Waals surface area contributed by atoms with Gasteiger partial charge in [0.15, 0.2) is 5.76 Å². The lowest BCUT2D eigenvalue weighted by Crippen LogP contribution is -2.47. The minimum absolute atomic E-state index is 0.0956. The van der Waals surface area contributed by atoms with Crippen LogP contribution in [-0.2, 0) is 11.3 Å². The zero-order valence-corrected chi connectivity index (χ0v) is 17.1. The van der Waals surface area contributed by atoms with Gasteiger partial charge in [0, 0.05) is 51.6 Å². The van der Waals surface area contributed by atoms with E-state index in [4.69, 9.17) is 9.15 Å². The van der Waals surface area contributed by atoms with Crippen LogP contribution in [0.3, 0.4) is 0 Å². The number of nitrogens with one attached hydrogen (secondary N) is 1. The van der Waals surface area contributed by atoms with Gasteiger partial charge in [-0.25, -0.2) is 0 Å². The van der Waals surface area contributed by atoms with Gasteiger partial charge in [0.25, 0.3) is 5.91 Å². The number of hydrogen-bond acceptors (Lipinski definition) is 5. The van der Waals surface area contributed by atoms with Gasteiger partial charge in [-0.3, -0.25) is 9.69 Å². The predicted molar refractivity (Wildman–Crippen MR) is 111 cm³/mol. The standard InChI is InChI=1S/C22H31N3O3/c1-17-5-4-6-19(15-17)25-13-11-24(12-14-25)10-9-18(2)23-22(26)21-8-7-20(28-21)16-27-3/h4-8,15,18H,9-14,16H2,1-3H3,(H,23,26). The highest BCUT2D eigenvalue weighted by Crippen LogP contribution is 2.18. The van der Waals surface area contributed by atoms with Crippen LogP contribution in [0, 0.1) is 6.92 Å². The van der Waals surface area contributed by atoms with E-state index in [0.717, 1.165) is 39.1 Å². The lowest BCUT2D eigenvalue weighted by Gasteiger charge is -2.36. The van der Waals surface area contributed by atoms with Crippen molar-refractivity contribution in [3.63, 3.8) is 0 Å². The molecule has 1 aliphatic rings. The Bertz CT molecular complexity index is 766. The molecule has 2 heterocycles. The molecule has 2 aromatic rings. The van der Waals surface area contributed by atoms with Crippen molar-refractivity contribution in [3.8, 4) is 0 Å². The molecule has 0 radical (unpaired) electrons. The number of carbonyl (C=O) groups excluding carboxylic acids is 1. The number of furan rings is 1. The molecule has 1 aromatic heterocycles. The van der Waals surface area contributed by atoms with Crippen LogP contribution in [0.5, 0.6) is 0 Å². The summed E-state index contributed by atoms with van der Waals surface area (Å²) in [7, 11) is 1.60. The third kappa shape index (κ3) is 5.59. The number of ether oxygens (including phenoxy) is 1. The summed E-state index contributed by atoms with van der Waals surface area (Å²) in [6.07, 6.45) is 0.918. The molecule has 0 aliphatic carbocycles. The second kappa shape index (κ2) is 9.75. The smallest absolute Gasteiger partial charge is 0.287 e. The predicted octanol–water partition coefficient (Wildman–Crippen LogP) is 3.07. The summed E-state index contributed by atoms with van der Waals surface area (Å²) in [5.41, 5.74) is 2.61. The van der Waals surface area contributed by atoms with E-state index in [0.29, 0.717) is 18.1 Å². The molecule has 1 aliphatic heterocycles. The van der Waals surface area contributed by atoms with E-state index in [1.807, 2.05) is 6.92 Å². The van der Waals surface area contributed by atoms with Crippen LogP contribution in [-0.4, -0.2) is 56.7 Å². The van der Waals surface area contributed by atoms with E-state index in [-0.39, 0.29) is 11.9 Å². The number of rotatable bonds is 8. The highest BCUT2D eigenvalue weighted by molar-refractivity contribution is 5.91. The summed E-state index contributed by atoms with van der Waals surface area (Å²) in [5, 5.41) is 3.02. The van der Waals surface area contributed by atoms with Crippen LogP contribution in [0.25, 0.3) is 0 Å². The highest BCUT2D eigenvalue weighted by Gasteiger charge is 2.19. The molecule has 1 saturated heterocycles. The molecule has 1 aromatic carbocycles. The first-order valence-corrected chi connectivity index (χ1v) is 9.97. The topological polar surface area (TPSA) is 58.0 Å². The zero-order chi connectivity index (χ0) is 19.9. The molecule has 1 N–H and O–H groups in total. The van der Waals surface area contributed by atoms with Gasteiger partial charge in [-0.2, -0.15) is 0 Å². The van der Waals surface area contributed by atoms with Crippen LogP contribution in [0.2, 0.25) is 0 Å². The fourth-order valence-electron chi connectivity index (χ4n) is 3.52. The van der Waals surface area contributed by atoms with Crippen LogP contribution >= 0.6 is 0 Å². The second-order valence-corrected chi connectivity index (χ2v) is 7.53. The van der Waals surface area contributed by atoms with Crippen molar-refractivity contribution in [3.05, 3.63) is 53.5 Å². The number of nitrogens with zero attached hydrogens (tertiary/aromatic N) is 2. The van der Waals surface area contributed by atoms with E-state index < -0.39 is 0 Å². The Morgan fingerprint density at radius 3 is 2.71 bits per heavy atom. The molecule has 28 heavy (non-hydrogen) atoms. The summed E-state index contributed by atoms with van der Waals surface area (Å²) >= 11 is 0. The van der Waals surface area contributed by atoms with Gasteiger partial charge in [-0.05, 0) is 50.1 Å². The SMILES string of the molecule is COCc1ccc(C(=O)NC(C)CCN2CCN(c3cccc(C)c3)CC2)o1. The van der Waals surface area contributed by atoms with Gasteiger partial charge in [-0.15, -0.1) is 0 Å². The second-order valence-electron chi connectivity index (χ2n) is 7.53. The summed E-state index contributed by atoms with van der Waals surface area (Å²) in [6, 6.07) is 12.3. The average Bonchev–Trinajstić information content (AvgIpc) is 3.16. The van der Waals surface area contributed by atoms with Crippen molar-refractivity contribution in [2.45, 2.75) is 32.9 Å². The first-order valence-electron chi connectivity index (χ1n) is 9.97. The first-order chi connectivity index (χ1) is 13.5. The Labute approximate surface area is 167 Å². The molecule has 6 heteroatoms. The molecule has 0 saturated carbocycles. The van der Waals surface area contributed by atoms with Gasteiger partial charge in [-0.1, -0.05) is 12.1 Å². The molecule has 6 nitrogen and oxygen atoms in total. The minimum atomic E-state index is -0.167. The van der Waals surface area contributed by atoms with Crippen molar-refractivity contribution in [2.24, 2.45) is 0 Å². The number of hydrogen-bond donors (Lipinski definition) is 1. The monoisotopic (exact) mass is 385 g/mol. The summed E-state index contributed by atoms with van der Waals surface area (Å²) < 4.78 is 10.5. The van der Waals surface area contributed by atoms with Gasteiger partial charge in [0.1, 0.15) is 12.4 Å². The molecule has 3 rings (SSSR count). The van der Waals surface area contributed by atoms with Crippen molar-refractivity contribution in [1.29, 1.82) is 0 Å². The van der Waals surface area contributed by atoms with Crippen LogP contribution in [0.1, 0.15) is 35.2 Å². The number of piperazine rings is 1. The molecule has 1 amide bonds. The van der Waals surface area contributed by atoms with E-state index in [1.54, 1.807) is 19.2 Å². The molecule has 1 atom stereocenters. The number of aryl methyl sites for hydroxylation is 1. The quantitative estimate of drug-likeness (QED) is 0.757. The third-order valence-corrected chi connectivity index (χ3v) is 5.17. The maximum Gasteiger partial charge on any atom is 0.287 e. The Morgan fingerprint density at radius 2 is 2.00 bits per heavy atom. The lowest BCUT2D eigenvalue weighted by molar-refractivity contribution is 0.0898. The van der Waals surface area contributed by atoms with Crippen LogP contribution < -0.4 is 10.2 Å². The fourth-order valence-corrected chi connectivity index (χ4v) is 3.52. The molecular weight excluding hydrogens is 354 g/mol. The number of methoxy groups -OCH3 is 1. The maximum absolute atomic E-state index is 12.3. The lowest BCUT2D eigenvalue weighted by atomic mass is 10.1. The van der Waals surface area contributed by atoms with Gasteiger partial charge in [0.05, 0.1) is 0 Å². The molecular formula is C22H31N3O3. The van der Waals surface area contributed by atoms with E-state index in [9.17, 15) is 4.79 Å². The van der Waals surface area contributed by atoms with E-state index in [1.165, 1.54) is 11.3 Å². The highest BCUT2D eigenvalue weighted by atomic mass is 16.5. The van der Waals surface area contributed by atoms with Crippen molar-refractivity contribution < 1.29 is 13.9 Å². The fraction of sp³-hybridized carbons (Fsp3) is 0.500. The summed E-state index contributed by atoms with van der Waals surface area (Å²) in [5.74, 6) is 0.830. The first kappa shape index (κ1) is 20.4. The molecule has 0 bridgehead atoms. The minimum Gasteiger partial charge on any atom is -0.453 e. The Kier molecular flexibility index (Phi) is 7.12. The molecule has 1 unspecified atom stereocenters. The molecule has 0 spiro atoms. The van der Waals surface area contributed by atoms with E-state index in [2.05, 4.69) is 46.3 Å². The van der Waals surface area contributed by atoms with Crippen LogP contribution in [0.4, 0.5) is 5.69 Å². The summed E-state index contributed by atoms with van der Waals surface area (Å²) in [6.45, 7) is 9.71. The van der Waals surface area contributed by atoms with Gasteiger partial charge >= 0.3 is 0 Å². The number of amides is 1. The average molecular weight is 386 g/mol. The van der Waals surface area contributed by atoms with E-state index >= 15 is 0 Å². The summed E-state index contributed by atoms with van der Waals surface area (Å²) in [4.78, 5) is 17.2. The van der Waals surface area contributed by atoms with Gasteiger partial charge in [0.2, 0.25) is 0 Å². The van der Waals surface area contributed by atoms with Crippen molar-refractivity contribution in [2.75, 3.05) is 44.7 Å². The Balaban J connectivity index is 1.39. The third-order valence-electron chi connectivity index (χ3n) is 5.17. The van der Waals surface area contributed by atoms with Crippen molar-refractivity contribution in [1.82, 2.24) is 10.2 Å². The largest absolute Gasteiger partial charge is 0.453 e. The molecule has 1 fully saturated rings. The maximum atomic E-state index is 12.3. The zero-order valence-electron chi connectivity index (χ0n) is 17.1. The number of carbonyl (C=O) groups is 1. The van der Waals surface area contributed by atoms with Crippen LogP contribution in [0.15, 0.2) is 40.8 Å².